The van der Waals surface area contributed by atoms with Crippen molar-refractivity contribution in [2.75, 3.05) is 5.32 Å². The predicted molar refractivity (Wildman–Crippen MR) is 65.9 cm³/mol. The second-order valence-electron chi connectivity index (χ2n) is 4.32. The van der Waals surface area contributed by atoms with Crippen LogP contribution in [0, 0.1) is 13.8 Å². The molecule has 1 saturated carbocycles. The average molecular weight is 234 g/mol. The fraction of sp³-hybridized carbons (Fsp3) is 0.417. The van der Waals surface area contributed by atoms with Crippen LogP contribution in [0.15, 0.2) is 16.7 Å². The molecule has 4 heteroatoms. The highest BCUT2D eigenvalue weighted by atomic mass is 32.1. The molecule has 2 heterocycles. The summed E-state index contributed by atoms with van der Waals surface area (Å²) in [6.45, 7) is 4.23. The van der Waals surface area contributed by atoms with Gasteiger partial charge in [0.2, 0.25) is 0 Å². The van der Waals surface area contributed by atoms with E-state index >= 15 is 0 Å². The Balaban J connectivity index is 1.87. The quantitative estimate of drug-likeness (QED) is 0.881. The maximum Gasteiger partial charge on any atom is 0.170 e. The summed E-state index contributed by atoms with van der Waals surface area (Å²) in [4.78, 5) is 2.59. The molecule has 16 heavy (non-hydrogen) atoms. The van der Waals surface area contributed by atoms with Gasteiger partial charge in [-0.2, -0.15) is 0 Å². The number of hydrogen-bond donors (Lipinski definition) is 1. The Bertz CT molecular complexity index is 511. The SMILES string of the molecule is Cc1cc(-c2cc(NC3CC3)no2)c(C)s1. The molecule has 1 N–H and O–H groups in total. The molecule has 0 saturated heterocycles. The molecular formula is C12H14N2OS. The minimum Gasteiger partial charge on any atom is -0.365 e. The normalized spacial score (nSPS) is 15.4. The minimum atomic E-state index is 0.614. The highest BCUT2D eigenvalue weighted by Gasteiger charge is 2.22. The number of nitrogens with zero attached hydrogens (tertiary/aromatic N) is 1. The van der Waals surface area contributed by atoms with Gasteiger partial charge in [0.25, 0.3) is 0 Å². The van der Waals surface area contributed by atoms with Crippen LogP contribution < -0.4 is 5.32 Å². The van der Waals surface area contributed by atoms with E-state index in [4.69, 9.17) is 4.52 Å². The summed E-state index contributed by atoms with van der Waals surface area (Å²) in [6, 6.07) is 4.76. The number of aryl methyl sites for hydroxylation is 2. The molecular weight excluding hydrogens is 220 g/mol. The van der Waals surface area contributed by atoms with E-state index in [-0.39, 0.29) is 0 Å². The van der Waals surface area contributed by atoms with Crippen molar-refractivity contribution < 1.29 is 4.52 Å². The van der Waals surface area contributed by atoms with Gasteiger partial charge in [-0.05, 0) is 32.8 Å². The molecule has 1 fully saturated rings. The molecule has 0 atom stereocenters. The Morgan fingerprint density at radius 3 is 2.81 bits per heavy atom. The molecule has 0 amide bonds. The van der Waals surface area contributed by atoms with E-state index < -0.39 is 0 Å². The number of nitrogens with one attached hydrogen (secondary N) is 1. The van der Waals surface area contributed by atoms with Crippen molar-refractivity contribution in [3.05, 3.63) is 21.9 Å². The summed E-state index contributed by atoms with van der Waals surface area (Å²) in [5.41, 5.74) is 1.17. The predicted octanol–water partition coefficient (Wildman–Crippen LogP) is 3.59. The molecule has 0 aromatic carbocycles. The van der Waals surface area contributed by atoms with Crippen LogP contribution in [0.3, 0.4) is 0 Å². The average Bonchev–Trinajstić information content (AvgIpc) is 2.80. The van der Waals surface area contributed by atoms with Crippen LogP contribution in [-0.4, -0.2) is 11.2 Å². The minimum absolute atomic E-state index is 0.614. The van der Waals surface area contributed by atoms with Crippen molar-refractivity contribution in [3.8, 4) is 11.3 Å². The summed E-state index contributed by atoms with van der Waals surface area (Å²) in [5.74, 6) is 1.73. The van der Waals surface area contributed by atoms with Crippen LogP contribution in [0.5, 0.6) is 0 Å². The maximum atomic E-state index is 5.37. The van der Waals surface area contributed by atoms with E-state index in [1.807, 2.05) is 6.07 Å². The van der Waals surface area contributed by atoms with Gasteiger partial charge in [0.15, 0.2) is 11.6 Å². The first-order valence-electron chi connectivity index (χ1n) is 5.53. The second kappa shape index (κ2) is 3.63. The zero-order valence-electron chi connectivity index (χ0n) is 9.41. The Labute approximate surface area is 98.5 Å². The number of hydrogen-bond acceptors (Lipinski definition) is 4. The number of aromatic nitrogens is 1. The third-order valence-corrected chi connectivity index (χ3v) is 3.71. The summed E-state index contributed by atoms with van der Waals surface area (Å²) in [7, 11) is 0. The molecule has 3 rings (SSSR count). The van der Waals surface area contributed by atoms with Gasteiger partial charge >= 0.3 is 0 Å². The summed E-state index contributed by atoms with van der Waals surface area (Å²) < 4.78 is 5.37. The molecule has 3 nitrogen and oxygen atoms in total. The second-order valence-corrected chi connectivity index (χ2v) is 5.78. The Morgan fingerprint density at radius 1 is 1.38 bits per heavy atom. The van der Waals surface area contributed by atoms with Crippen LogP contribution in [0.4, 0.5) is 5.82 Å². The van der Waals surface area contributed by atoms with Gasteiger partial charge in [-0.1, -0.05) is 5.16 Å². The lowest BCUT2D eigenvalue weighted by atomic mass is 10.2. The van der Waals surface area contributed by atoms with E-state index in [9.17, 15) is 0 Å². The number of thiophene rings is 1. The molecule has 2 aromatic heterocycles. The zero-order chi connectivity index (χ0) is 11.1. The Morgan fingerprint density at radius 2 is 2.19 bits per heavy atom. The number of rotatable bonds is 3. The molecule has 0 bridgehead atoms. The first-order chi connectivity index (χ1) is 7.72. The van der Waals surface area contributed by atoms with E-state index in [2.05, 4.69) is 30.4 Å². The van der Waals surface area contributed by atoms with Crippen LogP contribution in [0.25, 0.3) is 11.3 Å². The standard InChI is InChI=1S/C12H14N2OS/c1-7-5-10(8(2)16-7)11-6-12(14-15-11)13-9-3-4-9/h5-6,9H,3-4H2,1-2H3,(H,13,14). The van der Waals surface area contributed by atoms with Gasteiger partial charge in [-0.3, -0.25) is 0 Å². The topological polar surface area (TPSA) is 38.1 Å². The smallest absolute Gasteiger partial charge is 0.170 e. The van der Waals surface area contributed by atoms with Crippen molar-refractivity contribution in [3.63, 3.8) is 0 Å². The van der Waals surface area contributed by atoms with Gasteiger partial charge in [-0.25, -0.2) is 0 Å². The van der Waals surface area contributed by atoms with Crippen LogP contribution >= 0.6 is 11.3 Å². The molecule has 2 aromatic rings. The van der Waals surface area contributed by atoms with E-state index in [0.29, 0.717) is 6.04 Å². The molecule has 0 spiro atoms. The third-order valence-electron chi connectivity index (χ3n) is 2.75. The fourth-order valence-electron chi connectivity index (χ4n) is 1.78. The van der Waals surface area contributed by atoms with E-state index in [0.717, 1.165) is 11.6 Å². The maximum absolute atomic E-state index is 5.37. The van der Waals surface area contributed by atoms with E-state index in [1.165, 1.54) is 28.2 Å². The molecule has 84 valence electrons. The summed E-state index contributed by atoms with van der Waals surface area (Å²) in [5, 5.41) is 7.37. The lowest BCUT2D eigenvalue weighted by Crippen LogP contribution is -1.99. The van der Waals surface area contributed by atoms with Crippen LogP contribution in [0.2, 0.25) is 0 Å². The van der Waals surface area contributed by atoms with Crippen molar-refractivity contribution in [1.29, 1.82) is 0 Å². The van der Waals surface area contributed by atoms with Crippen molar-refractivity contribution in [2.24, 2.45) is 0 Å². The van der Waals surface area contributed by atoms with Crippen molar-refractivity contribution >= 4 is 17.2 Å². The van der Waals surface area contributed by atoms with Gasteiger partial charge in [0, 0.05) is 27.4 Å². The Kier molecular flexibility index (Phi) is 2.24. The molecule has 0 radical (unpaired) electrons. The molecule has 1 aliphatic rings. The van der Waals surface area contributed by atoms with Crippen LogP contribution in [-0.2, 0) is 0 Å². The van der Waals surface area contributed by atoms with Gasteiger partial charge in [0.05, 0.1) is 0 Å². The Hall–Kier alpha value is -1.29. The van der Waals surface area contributed by atoms with Gasteiger partial charge in [-0.15, -0.1) is 11.3 Å². The lowest BCUT2D eigenvalue weighted by molar-refractivity contribution is 0.435. The number of anilines is 1. The summed E-state index contributed by atoms with van der Waals surface area (Å²) in [6.07, 6.45) is 2.50. The molecule has 1 aliphatic carbocycles. The first kappa shape index (κ1) is 9.90. The lowest BCUT2D eigenvalue weighted by Gasteiger charge is -1.94. The third kappa shape index (κ3) is 1.85. The largest absolute Gasteiger partial charge is 0.365 e. The van der Waals surface area contributed by atoms with E-state index in [1.54, 1.807) is 11.3 Å². The summed E-state index contributed by atoms with van der Waals surface area (Å²) >= 11 is 1.79. The van der Waals surface area contributed by atoms with Crippen molar-refractivity contribution in [2.45, 2.75) is 32.7 Å². The highest BCUT2D eigenvalue weighted by molar-refractivity contribution is 7.12. The first-order valence-corrected chi connectivity index (χ1v) is 6.34. The zero-order valence-corrected chi connectivity index (χ0v) is 10.2. The van der Waals surface area contributed by atoms with Crippen molar-refractivity contribution in [1.82, 2.24) is 5.16 Å². The molecule has 0 aliphatic heterocycles. The molecule has 0 unspecified atom stereocenters. The highest BCUT2D eigenvalue weighted by Crippen LogP contribution is 2.33. The fourth-order valence-corrected chi connectivity index (χ4v) is 2.71. The van der Waals surface area contributed by atoms with Gasteiger partial charge < -0.3 is 9.84 Å². The monoisotopic (exact) mass is 234 g/mol. The van der Waals surface area contributed by atoms with Gasteiger partial charge in [0.1, 0.15) is 0 Å². The van der Waals surface area contributed by atoms with Crippen LogP contribution in [0.1, 0.15) is 22.6 Å².